The minimum atomic E-state index is -4.54. The first-order valence-corrected chi connectivity index (χ1v) is 14.1. The van der Waals surface area contributed by atoms with Crippen LogP contribution in [0.15, 0.2) is 52.2 Å². The van der Waals surface area contributed by atoms with Crippen LogP contribution in [0.5, 0.6) is 5.75 Å². The second-order valence-corrected chi connectivity index (χ2v) is 10.3. The van der Waals surface area contributed by atoms with Crippen LogP contribution < -0.4 is 31.0 Å². The highest BCUT2D eigenvalue weighted by molar-refractivity contribution is 5.47. The van der Waals surface area contributed by atoms with Gasteiger partial charge in [-0.15, -0.1) is 0 Å². The van der Waals surface area contributed by atoms with Gasteiger partial charge in [-0.05, 0) is 30.5 Å². The van der Waals surface area contributed by atoms with E-state index in [1.807, 2.05) is 4.90 Å². The number of hydrogen-bond donors (Lipinski definition) is 2. The first kappa shape index (κ1) is 30.4. The zero-order valence-corrected chi connectivity index (χ0v) is 23.7. The maximum Gasteiger partial charge on any atom is 0.408 e. The molecule has 0 aliphatic carbocycles. The number of β-amino-alcohol motifs (C(OH)–C–C–N with tert-alkyl or cyclic N) is 1. The third-order valence-corrected chi connectivity index (χ3v) is 7.59. The van der Waals surface area contributed by atoms with Crippen LogP contribution >= 0.6 is 0 Å². The number of halogens is 3. The van der Waals surface area contributed by atoms with E-state index in [0.29, 0.717) is 49.4 Å². The Morgan fingerprint density at radius 3 is 2.49 bits per heavy atom. The number of morpholine rings is 1. The number of aliphatic hydroxyl groups is 1. The molecule has 1 saturated heterocycles. The molecule has 12 nitrogen and oxygen atoms in total. The lowest BCUT2D eigenvalue weighted by Gasteiger charge is -2.40. The Balaban J connectivity index is 0.000000279. The smallest absolute Gasteiger partial charge is 0.408 e. The van der Waals surface area contributed by atoms with Crippen LogP contribution in [0.25, 0.3) is 0 Å². The molecule has 0 radical (unpaired) electrons. The van der Waals surface area contributed by atoms with E-state index in [1.54, 1.807) is 28.8 Å². The van der Waals surface area contributed by atoms with Crippen molar-refractivity contribution >= 4 is 17.7 Å². The van der Waals surface area contributed by atoms with E-state index in [4.69, 9.17) is 9.47 Å². The standard InChI is InChI=1S/C21H25F3N4O4.C7H9N3O/c1-31-15-4-2-14(3-5-15)16(29)13-28-17(21(22,23)24)6-7-27-19(30)12-18(25-20(27)28)26-8-10-32-11-9-26;11-6-2-4-9-7-8-3-1-5-10(6)7/h2-5,12,16-17,29H,6-11,13H2,1H3;2,4H,1,3,5H2,(H,8,9)/t16-,17+;/m1./s1. The number of anilines is 3. The molecule has 0 unspecified atom stereocenters. The molecule has 0 amide bonds. The summed E-state index contributed by atoms with van der Waals surface area (Å²) in [6.07, 6.45) is -3.53. The number of alkyl halides is 3. The van der Waals surface area contributed by atoms with Gasteiger partial charge in [0.1, 0.15) is 17.6 Å². The van der Waals surface area contributed by atoms with Crippen molar-refractivity contribution in [1.82, 2.24) is 19.1 Å². The molecule has 2 aromatic heterocycles. The molecule has 1 fully saturated rings. The van der Waals surface area contributed by atoms with Gasteiger partial charge in [-0.1, -0.05) is 12.1 Å². The molecule has 0 bridgehead atoms. The number of hydrogen-bond acceptors (Lipinski definition) is 10. The van der Waals surface area contributed by atoms with Gasteiger partial charge in [0.25, 0.3) is 11.1 Å². The largest absolute Gasteiger partial charge is 0.497 e. The number of aromatic nitrogens is 4. The summed E-state index contributed by atoms with van der Waals surface area (Å²) in [6, 6.07) is 7.42. The molecule has 2 N–H and O–H groups in total. The first-order chi connectivity index (χ1) is 20.7. The van der Waals surface area contributed by atoms with Gasteiger partial charge in [0.05, 0.1) is 33.0 Å². The molecule has 6 rings (SSSR count). The van der Waals surface area contributed by atoms with Crippen LogP contribution in [0.3, 0.4) is 0 Å². The Bertz CT molecular complexity index is 1510. The zero-order valence-electron chi connectivity index (χ0n) is 23.7. The van der Waals surface area contributed by atoms with E-state index in [0.717, 1.165) is 24.4 Å². The average Bonchev–Trinajstić information content (AvgIpc) is 3.02. The topological polar surface area (TPSA) is 127 Å². The number of nitrogens with one attached hydrogen (secondary N) is 1. The van der Waals surface area contributed by atoms with Crippen LogP contribution in [0.2, 0.25) is 0 Å². The second-order valence-electron chi connectivity index (χ2n) is 10.3. The summed E-state index contributed by atoms with van der Waals surface area (Å²) in [5.41, 5.74) is 0.0544. The van der Waals surface area contributed by atoms with Crippen molar-refractivity contribution in [1.29, 1.82) is 0 Å². The Morgan fingerprint density at radius 2 is 1.81 bits per heavy atom. The summed E-state index contributed by atoms with van der Waals surface area (Å²) >= 11 is 0. The second kappa shape index (κ2) is 13.0. The number of benzene rings is 1. The van der Waals surface area contributed by atoms with E-state index in [-0.39, 0.29) is 31.0 Å². The number of aliphatic hydroxyl groups excluding tert-OH is 1. The number of methoxy groups -OCH3 is 1. The summed E-state index contributed by atoms with van der Waals surface area (Å²) in [5, 5.41) is 13.8. The average molecular weight is 606 g/mol. The molecule has 43 heavy (non-hydrogen) atoms. The lowest BCUT2D eigenvalue weighted by Crippen LogP contribution is -2.53. The number of ether oxygens (including phenoxy) is 2. The van der Waals surface area contributed by atoms with Crippen LogP contribution in [0.1, 0.15) is 24.5 Å². The maximum absolute atomic E-state index is 13.9. The molecule has 3 aliphatic heterocycles. The van der Waals surface area contributed by atoms with Gasteiger partial charge in [0, 0.05) is 51.1 Å². The van der Waals surface area contributed by atoms with E-state index >= 15 is 0 Å². The van der Waals surface area contributed by atoms with Crippen molar-refractivity contribution in [3.8, 4) is 5.75 Å². The summed E-state index contributed by atoms with van der Waals surface area (Å²) in [6.45, 7) is 3.13. The molecule has 2 atom stereocenters. The van der Waals surface area contributed by atoms with Crippen molar-refractivity contribution in [2.24, 2.45) is 0 Å². The van der Waals surface area contributed by atoms with E-state index < -0.39 is 23.9 Å². The van der Waals surface area contributed by atoms with Crippen LogP contribution in [-0.4, -0.2) is 82.9 Å². The van der Waals surface area contributed by atoms with Crippen molar-refractivity contribution in [2.75, 3.05) is 61.6 Å². The summed E-state index contributed by atoms with van der Waals surface area (Å²) in [4.78, 5) is 35.2. The van der Waals surface area contributed by atoms with E-state index in [9.17, 15) is 27.9 Å². The fraction of sp³-hybridized carbons (Fsp3) is 0.500. The molecule has 0 spiro atoms. The monoisotopic (exact) mass is 605 g/mol. The highest BCUT2D eigenvalue weighted by Crippen LogP contribution is 2.35. The predicted molar refractivity (Wildman–Crippen MR) is 153 cm³/mol. The van der Waals surface area contributed by atoms with Gasteiger partial charge in [0.15, 0.2) is 0 Å². The number of rotatable bonds is 5. The van der Waals surface area contributed by atoms with Gasteiger partial charge in [0.2, 0.25) is 11.9 Å². The first-order valence-electron chi connectivity index (χ1n) is 14.1. The molecule has 0 saturated carbocycles. The molecule has 232 valence electrons. The van der Waals surface area contributed by atoms with Crippen LogP contribution in [0.4, 0.5) is 30.9 Å². The molecule has 5 heterocycles. The minimum Gasteiger partial charge on any atom is -0.497 e. The predicted octanol–water partition coefficient (Wildman–Crippen LogP) is 2.02. The van der Waals surface area contributed by atoms with Crippen molar-refractivity contribution in [3.63, 3.8) is 0 Å². The maximum atomic E-state index is 13.9. The zero-order chi connectivity index (χ0) is 30.6. The SMILES string of the molecule is COc1ccc([C@H](O)CN2c3nc(N4CCOCC4)cc(=O)n3CC[C@H]2C(F)(F)F)cc1.O=c1ccnc2n1CCCN2. The molecule has 1 aromatic carbocycles. The van der Waals surface area contributed by atoms with E-state index in [2.05, 4.69) is 15.3 Å². The molecular formula is C28H34F3N7O5. The normalized spacial score (nSPS) is 18.9. The third-order valence-electron chi connectivity index (χ3n) is 7.59. The Labute approximate surface area is 245 Å². The van der Waals surface area contributed by atoms with E-state index in [1.165, 1.54) is 30.0 Å². The van der Waals surface area contributed by atoms with Crippen molar-refractivity contribution in [2.45, 2.75) is 44.3 Å². The van der Waals surface area contributed by atoms with Crippen LogP contribution in [0, 0.1) is 0 Å². The lowest BCUT2D eigenvalue weighted by atomic mass is 10.1. The highest BCUT2D eigenvalue weighted by Gasteiger charge is 2.47. The summed E-state index contributed by atoms with van der Waals surface area (Å²) in [5.74, 6) is 1.50. The molecule has 3 aliphatic rings. The minimum absolute atomic E-state index is 0.0298. The highest BCUT2D eigenvalue weighted by atomic mass is 19.4. The quantitative estimate of drug-likeness (QED) is 0.446. The lowest BCUT2D eigenvalue weighted by molar-refractivity contribution is -0.153. The number of nitrogens with zero attached hydrogens (tertiary/aromatic N) is 6. The molecular weight excluding hydrogens is 571 g/mol. The van der Waals surface area contributed by atoms with Gasteiger partial charge in [-0.3, -0.25) is 18.7 Å². The Hall–Kier alpha value is -4.11. The third kappa shape index (κ3) is 6.94. The van der Waals surface area contributed by atoms with Gasteiger partial charge < -0.3 is 29.7 Å². The molecule has 15 heteroatoms. The Kier molecular flexibility index (Phi) is 9.20. The fourth-order valence-corrected chi connectivity index (χ4v) is 5.31. The molecule has 3 aromatic rings. The van der Waals surface area contributed by atoms with Gasteiger partial charge in [-0.2, -0.15) is 18.2 Å². The van der Waals surface area contributed by atoms with Crippen molar-refractivity contribution < 1.29 is 27.8 Å². The summed E-state index contributed by atoms with van der Waals surface area (Å²) < 4.78 is 55.0. The van der Waals surface area contributed by atoms with Crippen LogP contribution in [-0.2, 0) is 17.8 Å². The fourth-order valence-electron chi connectivity index (χ4n) is 5.31. The number of fused-ring (bicyclic) bond motifs is 2. The Morgan fingerprint density at radius 1 is 1.07 bits per heavy atom. The summed E-state index contributed by atoms with van der Waals surface area (Å²) in [7, 11) is 1.50. The van der Waals surface area contributed by atoms with Gasteiger partial charge in [-0.25, -0.2) is 4.98 Å². The van der Waals surface area contributed by atoms with Gasteiger partial charge >= 0.3 is 6.18 Å². The van der Waals surface area contributed by atoms with Crippen molar-refractivity contribution in [3.05, 3.63) is 68.9 Å².